The van der Waals surface area contributed by atoms with Crippen molar-refractivity contribution in [1.82, 2.24) is 24.4 Å². The zero-order valence-electron chi connectivity index (χ0n) is 15.1. The predicted molar refractivity (Wildman–Crippen MR) is 102 cm³/mol. The van der Waals surface area contributed by atoms with Gasteiger partial charge in [0.15, 0.2) is 11.6 Å². The van der Waals surface area contributed by atoms with E-state index in [0.717, 1.165) is 11.0 Å². The maximum absolute atomic E-state index is 11.9. The van der Waals surface area contributed by atoms with E-state index in [1.807, 2.05) is 28.8 Å². The molecule has 1 fully saturated rings. The van der Waals surface area contributed by atoms with E-state index in [-0.39, 0.29) is 6.09 Å². The predicted octanol–water partition coefficient (Wildman–Crippen LogP) is 1.68. The normalized spacial score (nSPS) is 14.6. The molecule has 27 heavy (non-hydrogen) atoms. The van der Waals surface area contributed by atoms with Gasteiger partial charge < -0.3 is 20.3 Å². The Bertz CT molecular complexity index is 963. The number of nitrogens with two attached hydrogens (primary N) is 1. The number of rotatable bonds is 3. The fourth-order valence-electron chi connectivity index (χ4n) is 3.26. The van der Waals surface area contributed by atoms with Crippen molar-refractivity contribution >= 4 is 28.6 Å². The highest BCUT2D eigenvalue weighted by atomic mass is 16.6. The molecule has 1 aromatic carbocycles. The summed E-state index contributed by atoms with van der Waals surface area (Å²) in [5, 5.41) is 0. The van der Waals surface area contributed by atoms with Gasteiger partial charge in [-0.2, -0.15) is 0 Å². The SMILES string of the molecule is CCOC(=O)N1CCN(c2ncnc(-n3cnc4ccccc43)c2N)CC1. The molecule has 3 heterocycles. The minimum atomic E-state index is -0.279. The third-order valence-electron chi connectivity index (χ3n) is 4.63. The molecular weight excluding hydrogens is 346 g/mol. The average molecular weight is 367 g/mol. The highest BCUT2D eigenvalue weighted by Gasteiger charge is 2.25. The molecule has 1 aliphatic heterocycles. The molecular formula is C18H21N7O2. The number of amides is 1. The summed E-state index contributed by atoms with van der Waals surface area (Å²) >= 11 is 0. The van der Waals surface area contributed by atoms with E-state index in [4.69, 9.17) is 10.5 Å². The average Bonchev–Trinajstić information content (AvgIpc) is 3.12. The topological polar surface area (TPSA) is 102 Å². The molecule has 0 aliphatic carbocycles. The van der Waals surface area contributed by atoms with Crippen LogP contribution in [0.4, 0.5) is 16.3 Å². The number of carbonyl (C=O) groups excluding carboxylic acids is 1. The van der Waals surface area contributed by atoms with Crippen LogP contribution in [-0.4, -0.2) is 63.3 Å². The number of carbonyl (C=O) groups is 1. The Morgan fingerprint density at radius 1 is 1.11 bits per heavy atom. The van der Waals surface area contributed by atoms with Crippen LogP contribution in [0.2, 0.25) is 0 Å². The Kier molecular flexibility index (Phi) is 4.49. The smallest absolute Gasteiger partial charge is 0.409 e. The molecule has 3 aromatic rings. The molecule has 0 saturated carbocycles. The Labute approximate surface area is 156 Å². The molecule has 4 rings (SSSR count). The molecule has 1 amide bonds. The summed E-state index contributed by atoms with van der Waals surface area (Å²) in [7, 11) is 0. The van der Waals surface area contributed by atoms with Crippen LogP contribution in [0, 0.1) is 0 Å². The first-order chi connectivity index (χ1) is 13.2. The van der Waals surface area contributed by atoms with Crippen molar-refractivity contribution in [2.24, 2.45) is 0 Å². The first-order valence-corrected chi connectivity index (χ1v) is 8.88. The lowest BCUT2D eigenvalue weighted by molar-refractivity contribution is 0.105. The van der Waals surface area contributed by atoms with E-state index in [1.54, 1.807) is 18.2 Å². The summed E-state index contributed by atoms with van der Waals surface area (Å²) < 4.78 is 6.93. The lowest BCUT2D eigenvalue weighted by Crippen LogP contribution is -2.49. The maximum Gasteiger partial charge on any atom is 0.409 e. The third-order valence-corrected chi connectivity index (χ3v) is 4.63. The number of ether oxygens (including phenoxy) is 1. The van der Waals surface area contributed by atoms with Gasteiger partial charge in [0.05, 0.1) is 17.6 Å². The van der Waals surface area contributed by atoms with Crippen LogP contribution in [0.3, 0.4) is 0 Å². The molecule has 0 radical (unpaired) electrons. The molecule has 1 aliphatic rings. The Morgan fingerprint density at radius 3 is 2.63 bits per heavy atom. The number of hydrogen-bond acceptors (Lipinski definition) is 7. The van der Waals surface area contributed by atoms with Crippen LogP contribution in [0.5, 0.6) is 0 Å². The second-order valence-corrected chi connectivity index (χ2v) is 6.21. The number of nitrogen functional groups attached to an aromatic ring is 1. The Hall–Kier alpha value is -3.36. The van der Waals surface area contributed by atoms with Gasteiger partial charge in [-0.25, -0.2) is 19.7 Å². The van der Waals surface area contributed by atoms with Gasteiger partial charge in [-0.3, -0.25) is 4.57 Å². The fraction of sp³-hybridized carbons (Fsp3) is 0.333. The fourth-order valence-corrected chi connectivity index (χ4v) is 3.26. The van der Waals surface area contributed by atoms with E-state index >= 15 is 0 Å². The van der Waals surface area contributed by atoms with E-state index in [2.05, 4.69) is 19.9 Å². The number of hydrogen-bond donors (Lipinski definition) is 1. The standard InChI is InChI=1S/C18H21N7O2/c1-2-27-18(26)24-9-7-23(8-10-24)16-15(19)17(21-11-20-16)25-12-22-13-5-3-4-6-14(13)25/h3-6,11-12H,2,7-10,19H2,1H3. The van der Waals surface area contributed by atoms with E-state index in [0.29, 0.717) is 50.1 Å². The summed E-state index contributed by atoms with van der Waals surface area (Å²) in [6.45, 7) is 4.56. The number of piperazine rings is 1. The number of fused-ring (bicyclic) bond motifs is 1. The molecule has 0 unspecified atom stereocenters. The van der Waals surface area contributed by atoms with Gasteiger partial charge in [0.1, 0.15) is 18.3 Å². The summed E-state index contributed by atoms with van der Waals surface area (Å²) in [6.07, 6.45) is 2.94. The van der Waals surface area contributed by atoms with Gasteiger partial charge in [0, 0.05) is 26.2 Å². The minimum absolute atomic E-state index is 0.279. The summed E-state index contributed by atoms with van der Waals surface area (Å²) in [5.74, 6) is 1.27. The molecule has 2 N–H and O–H groups in total. The lowest BCUT2D eigenvalue weighted by Gasteiger charge is -2.35. The van der Waals surface area contributed by atoms with Crippen LogP contribution in [0.15, 0.2) is 36.9 Å². The molecule has 0 spiro atoms. The summed E-state index contributed by atoms with van der Waals surface area (Å²) in [5.41, 5.74) is 8.72. The van der Waals surface area contributed by atoms with Gasteiger partial charge in [-0.1, -0.05) is 12.1 Å². The van der Waals surface area contributed by atoms with Crippen LogP contribution >= 0.6 is 0 Å². The molecule has 0 atom stereocenters. The van der Waals surface area contributed by atoms with Crippen molar-refractivity contribution in [3.63, 3.8) is 0 Å². The first-order valence-electron chi connectivity index (χ1n) is 8.88. The number of benzene rings is 1. The van der Waals surface area contributed by atoms with Crippen molar-refractivity contribution in [1.29, 1.82) is 0 Å². The van der Waals surface area contributed by atoms with Gasteiger partial charge in [-0.15, -0.1) is 0 Å². The summed E-state index contributed by atoms with van der Waals surface area (Å²) in [4.78, 5) is 28.8. The first kappa shape index (κ1) is 17.1. The van der Waals surface area contributed by atoms with E-state index < -0.39 is 0 Å². The molecule has 2 aromatic heterocycles. The van der Waals surface area contributed by atoms with Crippen LogP contribution < -0.4 is 10.6 Å². The lowest BCUT2D eigenvalue weighted by atomic mass is 10.3. The zero-order chi connectivity index (χ0) is 18.8. The van der Waals surface area contributed by atoms with Crippen molar-refractivity contribution in [2.45, 2.75) is 6.92 Å². The molecule has 9 nitrogen and oxygen atoms in total. The highest BCUT2D eigenvalue weighted by molar-refractivity contribution is 5.80. The highest BCUT2D eigenvalue weighted by Crippen LogP contribution is 2.28. The zero-order valence-corrected chi connectivity index (χ0v) is 15.1. The molecule has 1 saturated heterocycles. The minimum Gasteiger partial charge on any atom is -0.450 e. The molecule has 9 heteroatoms. The number of anilines is 2. The third kappa shape index (κ3) is 3.12. The van der Waals surface area contributed by atoms with Gasteiger partial charge in [0.2, 0.25) is 0 Å². The van der Waals surface area contributed by atoms with Crippen molar-refractivity contribution in [2.75, 3.05) is 43.4 Å². The molecule has 140 valence electrons. The van der Waals surface area contributed by atoms with Crippen molar-refractivity contribution in [3.05, 3.63) is 36.9 Å². The largest absolute Gasteiger partial charge is 0.450 e. The van der Waals surface area contributed by atoms with Gasteiger partial charge in [0.25, 0.3) is 0 Å². The molecule has 0 bridgehead atoms. The Balaban J connectivity index is 1.59. The summed E-state index contributed by atoms with van der Waals surface area (Å²) in [6, 6.07) is 7.81. The quantitative estimate of drug-likeness (QED) is 0.751. The number of para-hydroxylation sites is 2. The van der Waals surface area contributed by atoms with Crippen molar-refractivity contribution < 1.29 is 9.53 Å². The van der Waals surface area contributed by atoms with Gasteiger partial charge >= 0.3 is 6.09 Å². The number of aromatic nitrogens is 4. The van der Waals surface area contributed by atoms with Gasteiger partial charge in [-0.05, 0) is 19.1 Å². The van der Waals surface area contributed by atoms with E-state index in [9.17, 15) is 4.79 Å². The second kappa shape index (κ2) is 7.10. The maximum atomic E-state index is 11.9. The monoisotopic (exact) mass is 367 g/mol. The van der Waals surface area contributed by atoms with Crippen molar-refractivity contribution in [3.8, 4) is 5.82 Å². The number of nitrogens with zero attached hydrogens (tertiary/aromatic N) is 6. The Morgan fingerprint density at radius 2 is 1.85 bits per heavy atom. The van der Waals surface area contributed by atoms with Crippen LogP contribution in [-0.2, 0) is 4.74 Å². The van der Waals surface area contributed by atoms with Crippen LogP contribution in [0.25, 0.3) is 16.9 Å². The van der Waals surface area contributed by atoms with E-state index in [1.165, 1.54) is 6.33 Å². The van der Waals surface area contributed by atoms with Crippen LogP contribution in [0.1, 0.15) is 6.92 Å². The number of imidazole rings is 1. The second-order valence-electron chi connectivity index (χ2n) is 6.21.